The van der Waals surface area contributed by atoms with Gasteiger partial charge < -0.3 is 5.32 Å². The van der Waals surface area contributed by atoms with Gasteiger partial charge in [0.2, 0.25) is 0 Å². The van der Waals surface area contributed by atoms with Crippen LogP contribution in [0.25, 0.3) is 0 Å². The maximum atomic E-state index is 11.7. The number of alkyl halides is 1. The van der Waals surface area contributed by atoms with Crippen molar-refractivity contribution in [2.45, 2.75) is 19.9 Å². The Kier molecular flexibility index (Phi) is 4.43. The molecule has 1 aromatic carbocycles. The molecular formula is C11H13Cl2NO. The van der Waals surface area contributed by atoms with Crippen LogP contribution in [-0.2, 0) is 0 Å². The Bertz CT molecular complexity index is 366. The summed E-state index contributed by atoms with van der Waals surface area (Å²) in [5.41, 5.74) is 1.39. The standard InChI is InChI=1S/C11H13Cl2NO/c1-7-4-3-5-9(10(7)13)11(15)14-8(2)6-12/h3-5,8H,6H2,1-2H3,(H,14,15). The van der Waals surface area contributed by atoms with E-state index >= 15 is 0 Å². The average molecular weight is 246 g/mol. The summed E-state index contributed by atoms with van der Waals surface area (Å²) in [4.78, 5) is 11.7. The Morgan fingerprint density at radius 3 is 2.80 bits per heavy atom. The van der Waals surface area contributed by atoms with Gasteiger partial charge in [-0.2, -0.15) is 0 Å². The minimum atomic E-state index is -0.183. The lowest BCUT2D eigenvalue weighted by atomic mass is 10.1. The summed E-state index contributed by atoms with van der Waals surface area (Å²) in [6.45, 7) is 3.71. The van der Waals surface area contributed by atoms with Crippen molar-refractivity contribution in [3.8, 4) is 0 Å². The lowest BCUT2D eigenvalue weighted by Crippen LogP contribution is -2.33. The van der Waals surface area contributed by atoms with Gasteiger partial charge in [-0.1, -0.05) is 23.7 Å². The van der Waals surface area contributed by atoms with Gasteiger partial charge in [-0.15, -0.1) is 11.6 Å². The molecule has 0 saturated carbocycles. The molecule has 0 fully saturated rings. The number of halogens is 2. The van der Waals surface area contributed by atoms with Crippen LogP contribution in [0.4, 0.5) is 0 Å². The Labute approximate surface area is 99.6 Å². The average Bonchev–Trinajstić information content (AvgIpc) is 2.21. The third-order valence-electron chi connectivity index (χ3n) is 2.05. The van der Waals surface area contributed by atoms with Crippen LogP contribution in [0, 0.1) is 6.92 Å². The van der Waals surface area contributed by atoms with Gasteiger partial charge in [0.05, 0.1) is 10.6 Å². The molecule has 1 aromatic rings. The molecule has 0 aliphatic carbocycles. The summed E-state index contributed by atoms with van der Waals surface area (Å²) in [6.07, 6.45) is 0. The molecular weight excluding hydrogens is 233 g/mol. The SMILES string of the molecule is Cc1cccc(C(=O)NC(C)CCl)c1Cl. The van der Waals surface area contributed by atoms with E-state index in [1.807, 2.05) is 26.0 Å². The molecule has 0 saturated heterocycles. The zero-order chi connectivity index (χ0) is 11.4. The van der Waals surface area contributed by atoms with Crippen LogP contribution in [0.1, 0.15) is 22.8 Å². The first-order valence-corrected chi connectivity index (χ1v) is 5.59. The minimum Gasteiger partial charge on any atom is -0.348 e. The quantitative estimate of drug-likeness (QED) is 0.816. The van der Waals surface area contributed by atoms with E-state index in [0.29, 0.717) is 16.5 Å². The second-order valence-electron chi connectivity index (χ2n) is 3.47. The van der Waals surface area contributed by atoms with Crippen LogP contribution in [0.15, 0.2) is 18.2 Å². The van der Waals surface area contributed by atoms with Gasteiger partial charge in [-0.25, -0.2) is 0 Å². The van der Waals surface area contributed by atoms with E-state index in [-0.39, 0.29) is 11.9 Å². The monoisotopic (exact) mass is 245 g/mol. The number of carbonyl (C=O) groups excluding carboxylic acids is 1. The molecule has 0 bridgehead atoms. The molecule has 0 radical (unpaired) electrons. The van der Waals surface area contributed by atoms with Crippen LogP contribution in [0.2, 0.25) is 5.02 Å². The topological polar surface area (TPSA) is 29.1 Å². The van der Waals surface area contributed by atoms with Gasteiger partial charge in [0.25, 0.3) is 5.91 Å². The molecule has 1 unspecified atom stereocenters. The van der Waals surface area contributed by atoms with Gasteiger partial charge in [-0.05, 0) is 25.5 Å². The van der Waals surface area contributed by atoms with Gasteiger partial charge in [-0.3, -0.25) is 4.79 Å². The predicted octanol–water partition coefficient (Wildman–Crippen LogP) is 3.01. The van der Waals surface area contributed by atoms with E-state index in [0.717, 1.165) is 5.56 Å². The van der Waals surface area contributed by atoms with Gasteiger partial charge >= 0.3 is 0 Å². The summed E-state index contributed by atoms with van der Waals surface area (Å²) < 4.78 is 0. The summed E-state index contributed by atoms with van der Waals surface area (Å²) in [5, 5.41) is 3.26. The predicted molar refractivity (Wildman–Crippen MR) is 63.8 cm³/mol. The van der Waals surface area contributed by atoms with Crippen molar-refractivity contribution in [2.24, 2.45) is 0 Å². The van der Waals surface area contributed by atoms with Gasteiger partial charge in [0, 0.05) is 11.9 Å². The molecule has 1 atom stereocenters. The second kappa shape index (κ2) is 5.38. The fourth-order valence-electron chi connectivity index (χ4n) is 1.16. The number of rotatable bonds is 3. The zero-order valence-electron chi connectivity index (χ0n) is 8.68. The van der Waals surface area contributed by atoms with Crippen molar-refractivity contribution in [1.29, 1.82) is 0 Å². The lowest BCUT2D eigenvalue weighted by molar-refractivity contribution is 0.0943. The highest BCUT2D eigenvalue weighted by molar-refractivity contribution is 6.34. The van der Waals surface area contributed by atoms with Gasteiger partial charge in [0.1, 0.15) is 0 Å². The molecule has 0 aliphatic rings. The fraction of sp³-hybridized carbons (Fsp3) is 0.364. The fourth-order valence-corrected chi connectivity index (χ4v) is 1.45. The Balaban J connectivity index is 2.87. The summed E-state index contributed by atoms with van der Waals surface area (Å²) in [7, 11) is 0. The highest BCUT2D eigenvalue weighted by Crippen LogP contribution is 2.20. The van der Waals surface area contributed by atoms with Crippen molar-refractivity contribution < 1.29 is 4.79 Å². The van der Waals surface area contributed by atoms with Crippen molar-refractivity contribution in [2.75, 3.05) is 5.88 Å². The number of amides is 1. The van der Waals surface area contributed by atoms with E-state index in [2.05, 4.69) is 5.32 Å². The number of aryl methyl sites for hydroxylation is 1. The minimum absolute atomic E-state index is 0.0595. The largest absolute Gasteiger partial charge is 0.348 e. The Hall–Kier alpha value is -0.730. The Morgan fingerprint density at radius 2 is 2.20 bits per heavy atom. The lowest BCUT2D eigenvalue weighted by Gasteiger charge is -2.12. The number of hydrogen-bond acceptors (Lipinski definition) is 1. The third-order valence-corrected chi connectivity index (χ3v) is 3.01. The van der Waals surface area contributed by atoms with Crippen molar-refractivity contribution in [3.63, 3.8) is 0 Å². The maximum Gasteiger partial charge on any atom is 0.253 e. The molecule has 1 amide bonds. The smallest absolute Gasteiger partial charge is 0.253 e. The van der Waals surface area contributed by atoms with Crippen LogP contribution < -0.4 is 5.32 Å². The molecule has 0 spiro atoms. The van der Waals surface area contributed by atoms with E-state index in [1.165, 1.54) is 0 Å². The number of nitrogens with one attached hydrogen (secondary N) is 1. The van der Waals surface area contributed by atoms with Gasteiger partial charge in [0.15, 0.2) is 0 Å². The molecule has 1 N–H and O–H groups in total. The van der Waals surface area contributed by atoms with Crippen molar-refractivity contribution in [1.82, 2.24) is 5.32 Å². The normalized spacial score (nSPS) is 12.3. The summed E-state index contributed by atoms with van der Waals surface area (Å²) in [5.74, 6) is 0.201. The number of carbonyl (C=O) groups is 1. The molecule has 1 rings (SSSR count). The number of benzene rings is 1. The van der Waals surface area contributed by atoms with E-state index in [4.69, 9.17) is 23.2 Å². The summed E-state index contributed by atoms with van der Waals surface area (Å²) in [6, 6.07) is 5.31. The van der Waals surface area contributed by atoms with Crippen LogP contribution >= 0.6 is 23.2 Å². The first-order valence-electron chi connectivity index (χ1n) is 4.68. The molecule has 15 heavy (non-hydrogen) atoms. The highest BCUT2D eigenvalue weighted by atomic mass is 35.5. The number of hydrogen-bond donors (Lipinski definition) is 1. The van der Waals surface area contributed by atoms with Crippen LogP contribution in [0.5, 0.6) is 0 Å². The van der Waals surface area contributed by atoms with E-state index in [9.17, 15) is 4.79 Å². The summed E-state index contributed by atoms with van der Waals surface area (Å²) >= 11 is 11.6. The van der Waals surface area contributed by atoms with E-state index in [1.54, 1.807) is 6.07 Å². The van der Waals surface area contributed by atoms with E-state index < -0.39 is 0 Å². The van der Waals surface area contributed by atoms with Crippen LogP contribution in [0.3, 0.4) is 0 Å². The first kappa shape index (κ1) is 12.3. The molecule has 0 heterocycles. The third kappa shape index (κ3) is 3.11. The van der Waals surface area contributed by atoms with Crippen molar-refractivity contribution >= 4 is 29.1 Å². The molecule has 82 valence electrons. The van der Waals surface area contributed by atoms with Crippen molar-refractivity contribution in [3.05, 3.63) is 34.3 Å². The molecule has 0 aliphatic heterocycles. The Morgan fingerprint density at radius 1 is 1.53 bits per heavy atom. The molecule has 0 aromatic heterocycles. The molecule has 4 heteroatoms. The highest BCUT2D eigenvalue weighted by Gasteiger charge is 2.13. The molecule has 2 nitrogen and oxygen atoms in total. The zero-order valence-corrected chi connectivity index (χ0v) is 10.2. The first-order chi connectivity index (χ1) is 7.06. The van der Waals surface area contributed by atoms with Crippen LogP contribution in [-0.4, -0.2) is 17.8 Å². The maximum absolute atomic E-state index is 11.7. The second-order valence-corrected chi connectivity index (χ2v) is 4.15.